The van der Waals surface area contributed by atoms with E-state index >= 15 is 0 Å². The molecule has 0 fully saturated rings. The molecular weight excluding hydrogens is 164 g/mol. The number of likely N-dealkylation sites (N-methyl/N-ethyl adjacent to an activating group) is 1. The summed E-state index contributed by atoms with van der Waals surface area (Å²) in [6.07, 6.45) is 2.58. The van der Waals surface area contributed by atoms with Crippen molar-refractivity contribution in [2.75, 3.05) is 13.6 Å². The summed E-state index contributed by atoms with van der Waals surface area (Å²) in [4.78, 5) is 11.2. The van der Waals surface area contributed by atoms with Crippen LogP contribution >= 0.6 is 0 Å². The van der Waals surface area contributed by atoms with E-state index in [-0.39, 0.29) is 5.91 Å². The van der Waals surface area contributed by atoms with Gasteiger partial charge in [0.05, 0.1) is 0 Å². The molecule has 0 radical (unpaired) electrons. The van der Waals surface area contributed by atoms with Gasteiger partial charge in [0.1, 0.15) is 0 Å². The number of hydrogen-bond acceptors (Lipinski definition) is 2. The third kappa shape index (κ3) is 6.34. The second kappa shape index (κ2) is 6.66. The molecule has 76 valence electrons. The Labute approximate surface area is 80.6 Å². The Hall–Kier alpha value is -0.830. The third-order valence-electron chi connectivity index (χ3n) is 2.01. The van der Waals surface area contributed by atoms with Gasteiger partial charge in [-0.05, 0) is 27.3 Å². The molecule has 1 atom stereocenters. The van der Waals surface area contributed by atoms with E-state index in [2.05, 4.69) is 10.6 Å². The zero-order valence-corrected chi connectivity index (χ0v) is 8.98. The van der Waals surface area contributed by atoms with Crippen molar-refractivity contribution in [3.05, 3.63) is 11.6 Å². The van der Waals surface area contributed by atoms with Gasteiger partial charge in [0.15, 0.2) is 0 Å². The van der Waals surface area contributed by atoms with E-state index in [0.717, 1.165) is 12.0 Å². The lowest BCUT2D eigenvalue weighted by Gasteiger charge is -2.09. The first-order chi connectivity index (χ1) is 6.10. The summed E-state index contributed by atoms with van der Waals surface area (Å²) in [5.41, 5.74) is 1.11. The summed E-state index contributed by atoms with van der Waals surface area (Å²) in [6.45, 7) is 6.69. The lowest BCUT2D eigenvalue weighted by Crippen LogP contribution is -2.36. The first kappa shape index (κ1) is 12.2. The lowest BCUT2D eigenvalue weighted by atomic mass is 10.2. The molecule has 0 aliphatic carbocycles. The summed E-state index contributed by atoms with van der Waals surface area (Å²) in [5.74, 6) is 0.00134. The van der Waals surface area contributed by atoms with Crippen LogP contribution in [0.3, 0.4) is 0 Å². The van der Waals surface area contributed by atoms with E-state index in [9.17, 15) is 4.79 Å². The molecule has 1 amide bonds. The molecule has 0 bridgehead atoms. The molecule has 1 unspecified atom stereocenters. The minimum Gasteiger partial charge on any atom is -0.351 e. The van der Waals surface area contributed by atoms with Crippen molar-refractivity contribution in [2.45, 2.75) is 33.2 Å². The SMILES string of the molecule is CC/C(C)=C/C(=O)NCC(C)NC. The van der Waals surface area contributed by atoms with Crippen molar-refractivity contribution in [1.82, 2.24) is 10.6 Å². The average Bonchev–Trinajstić information content (AvgIpc) is 2.13. The first-order valence-electron chi connectivity index (χ1n) is 4.72. The Balaban J connectivity index is 3.75. The van der Waals surface area contributed by atoms with Crippen LogP contribution in [0.5, 0.6) is 0 Å². The normalized spacial score (nSPS) is 14.0. The number of carbonyl (C=O) groups is 1. The molecule has 0 aromatic heterocycles. The molecule has 0 aromatic carbocycles. The number of carbonyl (C=O) groups excluding carboxylic acids is 1. The molecule has 0 spiro atoms. The summed E-state index contributed by atoms with van der Waals surface area (Å²) in [6, 6.07) is 0.319. The minimum absolute atomic E-state index is 0.00134. The van der Waals surface area contributed by atoms with Gasteiger partial charge < -0.3 is 10.6 Å². The van der Waals surface area contributed by atoms with Crippen LogP contribution in [-0.4, -0.2) is 25.5 Å². The van der Waals surface area contributed by atoms with Gasteiger partial charge in [-0.25, -0.2) is 0 Å². The third-order valence-corrected chi connectivity index (χ3v) is 2.01. The van der Waals surface area contributed by atoms with Crippen LogP contribution in [0.4, 0.5) is 0 Å². The Morgan fingerprint density at radius 1 is 1.54 bits per heavy atom. The zero-order valence-electron chi connectivity index (χ0n) is 8.98. The number of rotatable bonds is 5. The highest BCUT2D eigenvalue weighted by atomic mass is 16.1. The number of hydrogen-bond donors (Lipinski definition) is 2. The van der Waals surface area contributed by atoms with Crippen LogP contribution in [0.25, 0.3) is 0 Å². The van der Waals surface area contributed by atoms with Crippen LogP contribution in [0, 0.1) is 0 Å². The lowest BCUT2D eigenvalue weighted by molar-refractivity contribution is -0.116. The molecule has 0 rings (SSSR count). The molecule has 3 nitrogen and oxygen atoms in total. The summed E-state index contributed by atoms with van der Waals surface area (Å²) >= 11 is 0. The molecule has 3 heteroatoms. The van der Waals surface area contributed by atoms with Gasteiger partial charge in [-0.3, -0.25) is 4.79 Å². The Morgan fingerprint density at radius 2 is 2.15 bits per heavy atom. The molecule has 0 aliphatic rings. The van der Waals surface area contributed by atoms with Crippen LogP contribution < -0.4 is 10.6 Å². The molecule has 13 heavy (non-hydrogen) atoms. The molecule has 0 aliphatic heterocycles. The first-order valence-corrected chi connectivity index (χ1v) is 4.72. The molecular formula is C10H20N2O. The smallest absolute Gasteiger partial charge is 0.243 e. The van der Waals surface area contributed by atoms with Gasteiger partial charge in [-0.15, -0.1) is 0 Å². The van der Waals surface area contributed by atoms with Crippen LogP contribution in [0.1, 0.15) is 27.2 Å². The van der Waals surface area contributed by atoms with E-state index in [1.54, 1.807) is 6.08 Å². The predicted molar refractivity (Wildman–Crippen MR) is 55.6 cm³/mol. The number of nitrogens with one attached hydrogen (secondary N) is 2. The van der Waals surface area contributed by atoms with Gasteiger partial charge in [0.25, 0.3) is 0 Å². The van der Waals surface area contributed by atoms with Gasteiger partial charge in [-0.2, -0.15) is 0 Å². The van der Waals surface area contributed by atoms with Gasteiger partial charge in [-0.1, -0.05) is 12.5 Å². The summed E-state index contributed by atoms with van der Waals surface area (Å²) in [5, 5.41) is 5.87. The Morgan fingerprint density at radius 3 is 2.62 bits per heavy atom. The fourth-order valence-corrected chi connectivity index (χ4v) is 0.733. The second-order valence-corrected chi connectivity index (χ2v) is 3.28. The Bertz CT molecular complexity index is 187. The van der Waals surface area contributed by atoms with E-state index in [0.29, 0.717) is 12.6 Å². The molecule has 0 aromatic rings. The van der Waals surface area contributed by atoms with Crippen LogP contribution in [-0.2, 0) is 4.79 Å². The van der Waals surface area contributed by atoms with Crippen molar-refractivity contribution in [1.29, 1.82) is 0 Å². The van der Waals surface area contributed by atoms with E-state index in [1.165, 1.54) is 0 Å². The molecule has 0 saturated carbocycles. The highest BCUT2D eigenvalue weighted by molar-refractivity contribution is 5.88. The van der Waals surface area contributed by atoms with Crippen LogP contribution in [0.2, 0.25) is 0 Å². The maximum absolute atomic E-state index is 11.2. The van der Waals surface area contributed by atoms with E-state index in [4.69, 9.17) is 0 Å². The standard InChI is InChI=1S/C10H20N2O/c1-5-8(2)6-10(13)12-7-9(3)11-4/h6,9,11H,5,7H2,1-4H3,(H,12,13)/b8-6+. The number of amides is 1. The highest BCUT2D eigenvalue weighted by Crippen LogP contribution is 1.96. The average molecular weight is 184 g/mol. The van der Waals surface area contributed by atoms with Crippen molar-refractivity contribution < 1.29 is 4.79 Å². The minimum atomic E-state index is 0.00134. The molecule has 0 heterocycles. The fraction of sp³-hybridized carbons (Fsp3) is 0.700. The second-order valence-electron chi connectivity index (χ2n) is 3.28. The topological polar surface area (TPSA) is 41.1 Å². The monoisotopic (exact) mass is 184 g/mol. The summed E-state index contributed by atoms with van der Waals surface area (Å²) in [7, 11) is 1.88. The molecule has 0 saturated heterocycles. The van der Waals surface area contributed by atoms with Crippen molar-refractivity contribution in [3.8, 4) is 0 Å². The van der Waals surface area contributed by atoms with Crippen molar-refractivity contribution in [2.24, 2.45) is 0 Å². The highest BCUT2D eigenvalue weighted by Gasteiger charge is 2.00. The van der Waals surface area contributed by atoms with Gasteiger partial charge in [0, 0.05) is 18.7 Å². The Kier molecular flexibility index (Phi) is 6.24. The molecule has 2 N–H and O–H groups in total. The maximum atomic E-state index is 11.2. The van der Waals surface area contributed by atoms with E-state index < -0.39 is 0 Å². The predicted octanol–water partition coefficient (Wildman–Crippen LogP) is 1.07. The fourth-order valence-electron chi connectivity index (χ4n) is 0.733. The van der Waals surface area contributed by atoms with Gasteiger partial charge >= 0.3 is 0 Å². The quantitative estimate of drug-likeness (QED) is 0.627. The largest absolute Gasteiger partial charge is 0.351 e. The van der Waals surface area contributed by atoms with Crippen molar-refractivity contribution in [3.63, 3.8) is 0 Å². The zero-order chi connectivity index (χ0) is 10.3. The maximum Gasteiger partial charge on any atom is 0.243 e. The summed E-state index contributed by atoms with van der Waals surface area (Å²) < 4.78 is 0. The number of allylic oxidation sites excluding steroid dienone is 1. The van der Waals surface area contributed by atoms with E-state index in [1.807, 2.05) is 27.8 Å². The van der Waals surface area contributed by atoms with Gasteiger partial charge in [0.2, 0.25) is 5.91 Å². The van der Waals surface area contributed by atoms with Crippen LogP contribution in [0.15, 0.2) is 11.6 Å². The van der Waals surface area contributed by atoms with Crippen molar-refractivity contribution >= 4 is 5.91 Å².